The molecule has 1 rings (SSSR count). The molecule has 0 aromatic rings. The minimum absolute atomic E-state index is 0.178. The van der Waals surface area contributed by atoms with Gasteiger partial charge in [0, 0.05) is 0 Å². The Morgan fingerprint density at radius 1 is 1.55 bits per heavy atom. The number of rotatable bonds is 2. The van der Waals surface area contributed by atoms with Crippen LogP contribution in [0.15, 0.2) is 0 Å². The second kappa shape index (κ2) is 3.03. The Morgan fingerprint density at radius 3 is 2.55 bits per heavy atom. The summed E-state index contributed by atoms with van der Waals surface area (Å²) in [6, 6.07) is 0. The smallest absolute Gasteiger partial charge is 0.317 e. The molecule has 62 valence electrons. The lowest BCUT2D eigenvalue weighted by molar-refractivity contribution is -0.153. The molecular weight excluding hydrogens is 144 g/mol. The largest absolute Gasteiger partial charge is 0.393 e. The van der Waals surface area contributed by atoms with Crippen molar-refractivity contribution in [2.45, 2.75) is 26.7 Å². The molecule has 0 radical (unpaired) electrons. The van der Waals surface area contributed by atoms with Crippen LogP contribution in [0.2, 0.25) is 0 Å². The topological polar surface area (TPSA) is 43.4 Å². The van der Waals surface area contributed by atoms with Gasteiger partial charge in [0.15, 0.2) is 0 Å². The molecule has 0 amide bonds. The molecule has 1 atom stereocenters. The minimum Gasteiger partial charge on any atom is -0.393 e. The van der Waals surface area contributed by atoms with Crippen LogP contribution in [0.25, 0.3) is 0 Å². The second-order valence-electron chi connectivity index (χ2n) is 3.32. The van der Waals surface area contributed by atoms with Gasteiger partial charge in [0.1, 0.15) is 0 Å². The molecule has 11 heavy (non-hydrogen) atoms. The van der Waals surface area contributed by atoms with Gasteiger partial charge in [-0.1, -0.05) is 13.8 Å². The fourth-order valence-corrected chi connectivity index (χ4v) is 1.27. The van der Waals surface area contributed by atoms with Gasteiger partial charge < -0.3 is 4.74 Å². The molecular formula is C8H12O3. The van der Waals surface area contributed by atoms with Crippen molar-refractivity contribution in [1.82, 2.24) is 0 Å². The van der Waals surface area contributed by atoms with E-state index in [2.05, 4.69) is 4.74 Å². The summed E-state index contributed by atoms with van der Waals surface area (Å²) < 4.78 is 4.40. The lowest BCUT2D eigenvalue weighted by Crippen LogP contribution is -2.09. The van der Waals surface area contributed by atoms with Gasteiger partial charge in [-0.2, -0.15) is 0 Å². The zero-order valence-electron chi connectivity index (χ0n) is 6.79. The monoisotopic (exact) mass is 156 g/mol. The maximum Gasteiger partial charge on any atom is 0.317 e. The van der Waals surface area contributed by atoms with Crippen LogP contribution in [0.5, 0.6) is 0 Å². The van der Waals surface area contributed by atoms with Gasteiger partial charge in [-0.15, -0.1) is 0 Å². The summed E-state index contributed by atoms with van der Waals surface area (Å²) in [5.74, 6) is -0.453. The van der Waals surface area contributed by atoms with Crippen molar-refractivity contribution in [3.8, 4) is 0 Å². The molecule has 0 bridgehead atoms. The first-order valence-electron chi connectivity index (χ1n) is 3.84. The van der Waals surface area contributed by atoms with Crippen molar-refractivity contribution in [2.75, 3.05) is 0 Å². The number of hydrogen-bond acceptors (Lipinski definition) is 3. The van der Waals surface area contributed by atoms with Crippen LogP contribution in [0.4, 0.5) is 0 Å². The first-order valence-corrected chi connectivity index (χ1v) is 3.84. The Hall–Kier alpha value is -0.860. The van der Waals surface area contributed by atoms with Gasteiger partial charge in [0.05, 0.1) is 12.3 Å². The van der Waals surface area contributed by atoms with Crippen LogP contribution in [-0.2, 0) is 14.3 Å². The molecule has 1 heterocycles. The van der Waals surface area contributed by atoms with Crippen LogP contribution in [0.3, 0.4) is 0 Å². The highest BCUT2D eigenvalue weighted by atomic mass is 16.6. The fraction of sp³-hybridized carbons (Fsp3) is 0.750. The molecule has 0 aliphatic carbocycles. The molecule has 1 aliphatic rings. The second-order valence-corrected chi connectivity index (χ2v) is 3.32. The summed E-state index contributed by atoms with van der Waals surface area (Å²) >= 11 is 0. The summed E-state index contributed by atoms with van der Waals surface area (Å²) in [4.78, 5) is 21.5. The Labute approximate surface area is 65.7 Å². The highest BCUT2D eigenvalue weighted by Crippen LogP contribution is 2.22. The van der Waals surface area contributed by atoms with E-state index in [1.54, 1.807) is 0 Å². The molecule has 1 unspecified atom stereocenters. The van der Waals surface area contributed by atoms with E-state index in [-0.39, 0.29) is 24.3 Å². The lowest BCUT2D eigenvalue weighted by Gasteiger charge is -2.05. The molecule has 0 spiro atoms. The van der Waals surface area contributed by atoms with Crippen molar-refractivity contribution >= 4 is 11.9 Å². The number of cyclic esters (lactones) is 2. The number of esters is 2. The van der Waals surface area contributed by atoms with E-state index in [9.17, 15) is 9.59 Å². The van der Waals surface area contributed by atoms with Gasteiger partial charge in [-0.05, 0) is 12.3 Å². The molecule has 0 aromatic heterocycles. The quantitative estimate of drug-likeness (QED) is 0.444. The van der Waals surface area contributed by atoms with Gasteiger partial charge in [0.2, 0.25) is 0 Å². The molecule has 3 heteroatoms. The highest BCUT2D eigenvalue weighted by Gasteiger charge is 2.33. The summed E-state index contributed by atoms with van der Waals surface area (Å²) in [6.45, 7) is 4.05. The van der Waals surface area contributed by atoms with E-state index in [0.29, 0.717) is 5.92 Å². The van der Waals surface area contributed by atoms with Crippen molar-refractivity contribution < 1.29 is 14.3 Å². The minimum atomic E-state index is -0.374. The third kappa shape index (κ3) is 2.03. The molecule has 1 fully saturated rings. The predicted octanol–water partition coefficient (Wildman–Crippen LogP) is 1.12. The first kappa shape index (κ1) is 8.24. The van der Waals surface area contributed by atoms with Crippen LogP contribution < -0.4 is 0 Å². The van der Waals surface area contributed by atoms with Crippen molar-refractivity contribution in [2.24, 2.45) is 11.8 Å². The molecule has 0 N–H and O–H groups in total. The third-order valence-corrected chi connectivity index (χ3v) is 1.72. The normalized spacial score (nSPS) is 24.5. The lowest BCUT2D eigenvalue weighted by atomic mass is 9.96. The number of ether oxygens (including phenoxy) is 1. The van der Waals surface area contributed by atoms with E-state index in [4.69, 9.17) is 0 Å². The SMILES string of the molecule is CC(C)CC1CC(=O)OC1=O. The van der Waals surface area contributed by atoms with Crippen LogP contribution in [0.1, 0.15) is 26.7 Å². The Morgan fingerprint density at radius 2 is 2.18 bits per heavy atom. The van der Waals surface area contributed by atoms with Crippen molar-refractivity contribution in [3.63, 3.8) is 0 Å². The Balaban J connectivity index is 2.47. The standard InChI is InChI=1S/C8H12O3/c1-5(2)3-6-4-7(9)11-8(6)10/h5-6H,3-4H2,1-2H3. The van der Waals surface area contributed by atoms with Crippen molar-refractivity contribution in [1.29, 1.82) is 0 Å². The molecule has 0 saturated carbocycles. The van der Waals surface area contributed by atoms with Gasteiger partial charge >= 0.3 is 11.9 Å². The highest BCUT2D eigenvalue weighted by molar-refractivity contribution is 5.94. The Bertz CT molecular complexity index is 184. The average molecular weight is 156 g/mol. The molecule has 3 nitrogen and oxygen atoms in total. The van der Waals surface area contributed by atoms with Crippen LogP contribution >= 0.6 is 0 Å². The van der Waals surface area contributed by atoms with Crippen molar-refractivity contribution in [3.05, 3.63) is 0 Å². The summed E-state index contributed by atoms with van der Waals surface area (Å²) in [5, 5.41) is 0. The maximum absolute atomic E-state index is 10.9. The Kier molecular flexibility index (Phi) is 2.27. The molecule has 1 saturated heterocycles. The predicted molar refractivity (Wildman–Crippen MR) is 38.7 cm³/mol. The summed E-state index contributed by atoms with van der Waals surface area (Å²) in [5.41, 5.74) is 0. The van der Waals surface area contributed by atoms with Gasteiger partial charge in [-0.3, -0.25) is 9.59 Å². The third-order valence-electron chi connectivity index (χ3n) is 1.72. The van der Waals surface area contributed by atoms with E-state index < -0.39 is 0 Å². The number of hydrogen-bond donors (Lipinski definition) is 0. The summed E-state index contributed by atoms with van der Waals surface area (Å²) in [6.07, 6.45) is 1.03. The average Bonchev–Trinajstić information content (AvgIpc) is 2.09. The zero-order chi connectivity index (χ0) is 8.43. The van der Waals surface area contributed by atoms with E-state index in [0.717, 1.165) is 6.42 Å². The van der Waals surface area contributed by atoms with Crippen LogP contribution in [-0.4, -0.2) is 11.9 Å². The fourth-order valence-electron chi connectivity index (χ4n) is 1.27. The first-order chi connectivity index (χ1) is 5.09. The maximum atomic E-state index is 10.9. The molecule has 0 aromatic carbocycles. The van der Waals surface area contributed by atoms with E-state index >= 15 is 0 Å². The zero-order valence-corrected chi connectivity index (χ0v) is 6.79. The molecule has 1 aliphatic heterocycles. The van der Waals surface area contributed by atoms with E-state index in [1.807, 2.05) is 13.8 Å². The van der Waals surface area contributed by atoms with Gasteiger partial charge in [0.25, 0.3) is 0 Å². The number of carbonyl (C=O) groups is 2. The van der Waals surface area contributed by atoms with Crippen LogP contribution in [0, 0.1) is 11.8 Å². The van der Waals surface area contributed by atoms with E-state index in [1.165, 1.54) is 0 Å². The summed E-state index contributed by atoms with van der Waals surface area (Å²) in [7, 11) is 0. The van der Waals surface area contributed by atoms with Gasteiger partial charge in [-0.25, -0.2) is 0 Å². The number of carbonyl (C=O) groups excluding carboxylic acids is 2.